The van der Waals surface area contributed by atoms with Crippen molar-refractivity contribution in [2.45, 2.75) is 52.7 Å². The number of nitrogen functional groups attached to an aromatic ring is 1. The summed E-state index contributed by atoms with van der Waals surface area (Å²) in [6, 6.07) is -0.239. The number of hydrogen-bond donors (Lipinski definition) is 2. The topological polar surface area (TPSA) is 150 Å². The third-order valence-corrected chi connectivity index (χ3v) is 4.65. The van der Waals surface area contributed by atoms with E-state index in [1.165, 1.54) is 6.20 Å². The summed E-state index contributed by atoms with van der Waals surface area (Å²) in [7, 11) is 0. The summed E-state index contributed by atoms with van der Waals surface area (Å²) >= 11 is 0. The number of anilines is 2. The lowest BCUT2D eigenvalue weighted by atomic mass is 9.93. The van der Waals surface area contributed by atoms with E-state index in [0.29, 0.717) is 19.5 Å². The fourth-order valence-electron chi connectivity index (χ4n) is 3.25. The van der Waals surface area contributed by atoms with Crippen LogP contribution in [0.2, 0.25) is 0 Å². The zero-order valence-corrected chi connectivity index (χ0v) is 17.9. The number of esters is 1. The molecule has 0 radical (unpaired) electrons. The van der Waals surface area contributed by atoms with Crippen LogP contribution in [-0.4, -0.2) is 58.2 Å². The van der Waals surface area contributed by atoms with Crippen LogP contribution >= 0.6 is 0 Å². The van der Waals surface area contributed by atoms with E-state index in [0.717, 1.165) is 0 Å². The number of carbonyl (C=O) groups is 2. The van der Waals surface area contributed by atoms with Crippen molar-refractivity contribution in [2.75, 3.05) is 30.7 Å². The largest absolute Gasteiger partial charge is 0.462 e. The smallest absolute Gasteiger partial charge is 0.410 e. The molecular formula is C19H29N5O6. The second kappa shape index (κ2) is 9.14. The van der Waals surface area contributed by atoms with Gasteiger partial charge >= 0.3 is 17.7 Å². The van der Waals surface area contributed by atoms with Crippen molar-refractivity contribution < 1.29 is 24.0 Å². The number of likely N-dealkylation sites (tertiary alicyclic amines) is 1. The fraction of sp³-hybridized carbons (Fsp3) is 0.632. The number of nitro groups is 1. The Morgan fingerprint density at radius 2 is 2.10 bits per heavy atom. The maximum atomic E-state index is 12.3. The van der Waals surface area contributed by atoms with Crippen LogP contribution in [0.15, 0.2) is 6.20 Å². The molecule has 1 aliphatic heterocycles. The van der Waals surface area contributed by atoms with Gasteiger partial charge in [-0.05, 0) is 40.0 Å². The summed E-state index contributed by atoms with van der Waals surface area (Å²) in [6.07, 6.45) is 1.27. The number of pyridine rings is 1. The molecule has 1 saturated heterocycles. The lowest BCUT2D eigenvalue weighted by Crippen LogP contribution is -2.49. The fourth-order valence-corrected chi connectivity index (χ4v) is 3.25. The van der Waals surface area contributed by atoms with E-state index >= 15 is 0 Å². The van der Waals surface area contributed by atoms with Crippen LogP contribution in [0.1, 0.15) is 51.4 Å². The maximum Gasteiger partial charge on any atom is 0.410 e. The second-order valence-electron chi connectivity index (χ2n) is 8.20. The summed E-state index contributed by atoms with van der Waals surface area (Å²) in [4.78, 5) is 41.0. The third kappa shape index (κ3) is 5.49. The van der Waals surface area contributed by atoms with Gasteiger partial charge in [0.15, 0.2) is 0 Å². The molecule has 0 saturated carbocycles. The molecule has 2 heterocycles. The molecule has 2 rings (SSSR count). The van der Waals surface area contributed by atoms with Gasteiger partial charge in [0.1, 0.15) is 16.9 Å². The van der Waals surface area contributed by atoms with Crippen molar-refractivity contribution in [3.63, 3.8) is 0 Å². The number of ether oxygens (including phenoxy) is 2. The number of nitrogens with zero attached hydrogens (tertiary/aromatic N) is 3. The maximum absolute atomic E-state index is 12.3. The predicted octanol–water partition coefficient (Wildman–Crippen LogP) is 2.81. The number of amides is 1. The zero-order chi connectivity index (χ0) is 22.6. The lowest BCUT2D eigenvalue weighted by molar-refractivity contribution is -0.383. The molecular weight excluding hydrogens is 394 g/mol. The van der Waals surface area contributed by atoms with E-state index in [2.05, 4.69) is 10.3 Å². The monoisotopic (exact) mass is 423 g/mol. The van der Waals surface area contributed by atoms with Gasteiger partial charge in [0, 0.05) is 25.3 Å². The van der Waals surface area contributed by atoms with Gasteiger partial charge in [0.25, 0.3) is 0 Å². The average Bonchev–Trinajstić information content (AvgIpc) is 2.61. The third-order valence-electron chi connectivity index (χ3n) is 4.65. The summed E-state index contributed by atoms with van der Waals surface area (Å²) < 4.78 is 10.4. The molecule has 0 aromatic carbocycles. The Morgan fingerprint density at radius 1 is 1.43 bits per heavy atom. The summed E-state index contributed by atoms with van der Waals surface area (Å²) in [5, 5.41) is 14.7. The van der Waals surface area contributed by atoms with Crippen LogP contribution < -0.4 is 11.1 Å². The first-order valence-corrected chi connectivity index (χ1v) is 9.79. The molecule has 0 spiro atoms. The molecule has 1 unspecified atom stereocenters. The highest BCUT2D eigenvalue weighted by atomic mass is 16.6. The minimum atomic E-state index is -0.727. The normalized spacial score (nSPS) is 19.2. The van der Waals surface area contributed by atoms with Gasteiger partial charge in [0.2, 0.25) is 5.82 Å². The number of nitrogens with one attached hydrogen (secondary N) is 1. The zero-order valence-electron chi connectivity index (χ0n) is 17.9. The van der Waals surface area contributed by atoms with Gasteiger partial charge in [-0.25, -0.2) is 14.6 Å². The molecule has 3 N–H and O–H groups in total. The van der Waals surface area contributed by atoms with Crippen LogP contribution in [0.3, 0.4) is 0 Å². The first kappa shape index (κ1) is 23.2. The number of carbonyl (C=O) groups excluding carboxylic acids is 2. The number of piperidine rings is 1. The van der Waals surface area contributed by atoms with Crippen molar-refractivity contribution in [3.8, 4) is 0 Å². The molecule has 1 fully saturated rings. The van der Waals surface area contributed by atoms with Crippen molar-refractivity contribution in [1.29, 1.82) is 0 Å². The van der Waals surface area contributed by atoms with E-state index < -0.39 is 28.3 Å². The first-order valence-electron chi connectivity index (χ1n) is 9.79. The van der Waals surface area contributed by atoms with Gasteiger partial charge in [-0.15, -0.1) is 0 Å². The Kier molecular flexibility index (Phi) is 7.06. The van der Waals surface area contributed by atoms with Gasteiger partial charge < -0.3 is 25.4 Å². The van der Waals surface area contributed by atoms with E-state index in [4.69, 9.17) is 15.2 Å². The summed E-state index contributed by atoms with van der Waals surface area (Å²) in [6.45, 7) is 9.86. The standard InChI is InChI=1S/C19H29N5O6/c1-6-29-17(25)12-9-21-16(20)15(24(27)28)14(12)22-13-7-8-23(10-11(13)2)18(26)30-19(3,4)5/h9,11,13H,6-8,10H2,1-5H3,(H3,20,21,22)/t11-,13?/m0/s1. The molecule has 1 amide bonds. The van der Waals surface area contributed by atoms with Crippen LogP contribution in [0.4, 0.5) is 22.0 Å². The molecule has 2 atom stereocenters. The molecule has 1 aromatic rings. The molecule has 1 aromatic heterocycles. The number of nitrogens with two attached hydrogens (primary N) is 1. The SMILES string of the molecule is CCOC(=O)c1cnc(N)c([N+](=O)[O-])c1NC1CCN(C(=O)OC(C)(C)C)C[C@@H]1C. The highest BCUT2D eigenvalue weighted by Gasteiger charge is 2.34. The molecule has 166 valence electrons. The Hall–Kier alpha value is -3.11. The molecule has 0 aliphatic carbocycles. The van der Waals surface area contributed by atoms with Gasteiger partial charge in [-0.1, -0.05) is 6.92 Å². The van der Waals surface area contributed by atoms with Crippen LogP contribution in [0, 0.1) is 16.0 Å². The Balaban J connectivity index is 2.25. The Bertz CT molecular complexity index is 822. The lowest BCUT2D eigenvalue weighted by Gasteiger charge is -2.38. The first-order chi connectivity index (χ1) is 13.9. The van der Waals surface area contributed by atoms with E-state index in [-0.39, 0.29) is 35.6 Å². The highest BCUT2D eigenvalue weighted by Crippen LogP contribution is 2.35. The van der Waals surface area contributed by atoms with Crippen LogP contribution in [-0.2, 0) is 9.47 Å². The molecule has 0 bridgehead atoms. The minimum absolute atomic E-state index is 0.0199. The summed E-state index contributed by atoms with van der Waals surface area (Å²) in [5.41, 5.74) is 4.57. The van der Waals surface area contributed by atoms with Crippen LogP contribution in [0.25, 0.3) is 0 Å². The predicted molar refractivity (Wildman–Crippen MR) is 110 cm³/mol. The average molecular weight is 423 g/mol. The molecule has 30 heavy (non-hydrogen) atoms. The Morgan fingerprint density at radius 3 is 2.63 bits per heavy atom. The highest BCUT2D eigenvalue weighted by molar-refractivity contribution is 5.99. The second-order valence-corrected chi connectivity index (χ2v) is 8.20. The van der Waals surface area contributed by atoms with Crippen molar-refractivity contribution in [1.82, 2.24) is 9.88 Å². The van der Waals surface area contributed by atoms with E-state index in [1.807, 2.05) is 6.92 Å². The Labute approximate surface area is 175 Å². The van der Waals surface area contributed by atoms with Crippen molar-refractivity contribution in [2.24, 2.45) is 5.92 Å². The van der Waals surface area contributed by atoms with Gasteiger partial charge in [-0.3, -0.25) is 10.1 Å². The van der Waals surface area contributed by atoms with Gasteiger partial charge in [0.05, 0.1) is 11.5 Å². The number of aromatic nitrogens is 1. The number of rotatable bonds is 5. The quantitative estimate of drug-likeness (QED) is 0.414. The molecule has 1 aliphatic rings. The molecule has 11 heteroatoms. The van der Waals surface area contributed by atoms with Gasteiger partial charge in [-0.2, -0.15) is 0 Å². The minimum Gasteiger partial charge on any atom is -0.462 e. The molecule has 11 nitrogen and oxygen atoms in total. The summed E-state index contributed by atoms with van der Waals surface area (Å²) in [5.74, 6) is -1.10. The van der Waals surface area contributed by atoms with E-state index in [1.54, 1.807) is 32.6 Å². The number of hydrogen-bond acceptors (Lipinski definition) is 9. The van der Waals surface area contributed by atoms with Crippen molar-refractivity contribution in [3.05, 3.63) is 21.9 Å². The van der Waals surface area contributed by atoms with E-state index in [9.17, 15) is 19.7 Å². The van der Waals surface area contributed by atoms with Crippen molar-refractivity contribution >= 4 is 29.3 Å². The van der Waals surface area contributed by atoms with Crippen LogP contribution in [0.5, 0.6) is 0 Å².